The van der Waals surface area contributed by atoms with Gasteiger partial charge in [-0.25, -0.2) is 0 Å². The van der Waals surface area contributed by atoms with Crippen LogP contribution in [-0.2, 0) is 0 Å². The molecular formula is C12H19NSi. The van der Waals surface area contributed by atoms with E-state index in [1.165, 1.54) is 5.56 Å². The summed E-state index contributed by atoms with van der Waals surface area (Å²) >= 11 is 0. The van der Waals surface area contributed by atoms with Crippen LogP contribution in [0.3, 0.4) is 0 Å². The molecule has 0 saturated carbocycles. The average Bonchev–Trinajstić information content (AvgIpc) is 2.14. The van der Waals surface area contributed by atoms with Gasteiger partial charge in [-0.15, -0.1) is 0 Å². The third-order valence-corrected chi connectivity index (χ3v) is 4.49. The molecule has 1 aromatic carbocycles. The summed E-state index contributed by atoms with van der Waals surface area (Å²) in [7, 11) is -1.22. The molecule has 0 spiro atoms. The van der Waals surface area contributed by atoms with E-state index in [1.807, 2.05) is 18.2 Å². The van der Waals surface area contributed by atoms with Crippen LogP contribution in [0.25, 0.3) is 6.08 Å². The molecule has 0 saturated heterocycles. The van der Waals surface area contributed by atoms with Crippen molar-refractivity contribution in [3.05, 3.63) is 42.0 Å². The first-order valence-electron chi connectivity index (χ1n) is 4.99. The van der Waals surface area contributed by atoms with Crippen molar-refractivity contribution in [3.63, 3.8) is 0 Å². The molecule has 0 amide bonds. The second-order valence-electron chi connectivity index (χ2n) is 4.66. The fraction of sp³-hybridized carbons (Fsp3) is 0.333. The zero-order valence-corrected chi connectivity index (χ0v) is 10.2. The minimum Gasteiger partial charge on any atom is -0.327 e. The molecule has 0 aliphatic carbocycles. The predicted octanol–water partition coefficient (Wildman–Crippen LogP) is 2.90. The fourth-order valence-electron chi connectivity index (χ4n) is 1.07. The lowest BCUT2D eigenvalue weighted by atomic mass is 10.2. The molecule has 1 atom stereocenters. The van der Waals surface area contributed by atoms with Crippen molar-refractivity contribution in [1.82, 2.24) is 0 Å². The number of nitrogens with two attached hydrogens (primary N) is 1. The van der Waals surface area contributed by atoms with Gasteiger partial charge < -0.3 is 5.73 Å². The molecule has 0 radical (unpaired) electrons. The van der Waals surface area contributed by atoms with Crippen LogP contribution in [0.1, 0.15) is 5.56 Å². The Balaban J connectivity index is 2.66. The lowest BCUT2D eigenvalue weighted by molar-refractivity contribution is 1.08. The Bertz CT molecular complexity index is 298. The first-order valence-corrected chi connectivity index (χ1v) is 8.57. The van der Waals surface area contributed by atoms with E-state index >= 15 is 0 Å². The number of hydrogen-bond acceptors (Lipinski definition) is 1. The third-order valence-electron chi connectivity index (χ3n) is 2.30. The van der Waals surface area contributed by atoms with Crippen molar-refractivity contribution < 1.29 is 0 Å². The van der Waals surface area contributed by atoms with Gasteiger partial charge in [0.25, 0.3) is 0 Å². The first kappa shape index (κ1) is 11.2. The van der Waals surface area contributed by atoms with Gasteiger partial charge in [0.05, 0.1) is 8.07 Å². The van der Waals surface area contributed by atoms with Gasteiger partial charge >= 0.3 is 0 Å². The van der Waals surface area contributed by atoms with Crippen LogP contribution in [0.2, 0.25) is 19.6 Å². The highest BCUT2D eigenvalue weighted by Gasteiger charge is 2.19. The van der Waals surface area contributed by atoms with Gasteiger partial charge in [0.15, 0.2) is 0 Å². The van der Waals surface area contributed by atoms with E-state index < -0.39 is 8.07 Å². The molecule has 1 nitrogen and oxygen atoms in total. The van der Waals surface area contributed by atoms with E-state index in [0.29, 0.717) is 0 Å². The average molecular weight is 205 g/mol. The van der Waals surface area contributed by atoms with Crippen molar-refractivity contribution in [1.29, 1.82) is 0 Å². The van der Waals surface area contributed by atoms with Crippen molar-refractivity contribution in [3.8, 4) is 0 Å². The molecule has 76 valence electrons. The Labute approximate surface area is 87.7 Å². The molecule has 1 rings (SSSR count). The number of hydrogen-bond donors (Lipinski definition) is 1. The van der Waals surface area contributed by atoms with E-state index in [1.54, 1.807) is 0 Å². The van der Waals surface area contributed by atoms with Crippen LogP contribution in [0.15, 0.2) is 36.4 Å². The van der Waals surface area contributed by atoms with Crippen molar-refractivity contribution in [2.45, 2.75) is 25.3 Å². The van der Waals surface area contributed by atoms with Crippen molar-refractivity contribution in [2.24, 2.45) is 5.73 Å². The second-order valence-corrected chi connectivity index (χ2v) is 10.1. The Kier molecular flexibility index (Phi) is 3.67. The molecular weight excluding hydrogens is 186 g/mol. The lowest BCUT2D eigenvalue weighted by Gasteiger charge is -2.21. The summed E-state index contributed by atoms with van der Waals surface area (Å²) in [6.45, 7) is 6.85. The van der Waals surface area contributed by atoms with Crippen LogP contribution in [0.5, 0.6) is 0 Å². The second kappa shape index (κ2) is 4.58. The highest BCUT2D eigenvalue weighted by Crippen LogP contribution is 2.09. The Morgan fingerprint density at radius 3 is 2.21 bits per heavy atom. The van der Waals surface area contributed by atoms with Crippen LogP contribution in [-0.4, -0.2) is 13.7 Å². The zero-order chi connectivity index (χ0) is 10.6. The quantitative estimate of drug-likeness (QED) is 0.754. The molecule has 0 bridgehead atoms. The van der Waals surface area contributed by atoms with Gasteiger partial charge in [-0.2, -0.15) is 0 Å². The summed E-state index contributed by atoms with van der Waals surface area (Å²) in [6, 6.07) is 10.3. The fourth-order valence-corrected chi connectivity index (χ4v) is 1.74. The summed E-state index contributed by atoms with van der Waals surface area (Å²) < 4.78 is 0. The van der Waals surface area contributed by atoms with Crippen LogP contribution in [0, 0.1) is 0 Å². The maximum atomic E-state index is 6.07. The number of rotatable bonds is 3. The summed E-state index contributed by atoms with van der Waals surface area (Å²) in [5.41, 5.74) is 7.54. The third kappa shape index (κ3) is 3.48. The monoisotopic (exact) mass is 205 g/mol. The molecule has 14 heavy (non-hydrogen) atoms. The topological polar surface area (TPSA) is 26.0 Å². The molecule has 2 N–H and O–H groups in total. The van der Waals surface area contributed by atoms with E-state index in [-0.39, 0.29) is 5.67 Å². The smallest absolute Gasteiger partial charge is 0.0681 e. The summed E-state index contributed by atoms with van der Waals surface area (Å²) in [5, 5.41) is 0. The van der Waals surface area contributed by atoms with Gasteiger partial charge in [0.1, 0.15) is 0 Å². The molecule has 1 unspecified atom stereocenters. The predicted molar refractivity (Wildman–Crippen MR) is 66.8 cm³/mol. The SMILES string of the molecule is C[Si](C)(C)C(N)C=Cc1ccccc1. The normalized spacial score (nSPS) is 14.6. The lowest BCUT2D eigenvalue weighted by Crippen LogP contribution is -2.43. The van der Waals surface area contributed by atoms with Crippen molar-refractivity contribution in [2.75, 3.05) is 0 Å². The molecule has 0 aliphatic rings. The van der Waals surface area contributed by atoms with Gasteiger partial charge in [-0.3, -0.25) is 0 Å². The van der Waals surface area contributed by atoms with E-state index in [0.717, 1.165) is 0 Å². The molecule has 0 aromatic heterocycles. The van der Waals surface area contributed by atoms with E-state index in [2.05, 4.69) is 43.9 Å². The Morgan fingerprint density at radius 2 is 1.71 bits per heavy atom. The highest BCUT2D eigenvalue weighted by atomic mass is 28.3. The van der Waals surface area contributed by atoms with Crippen LogP contribution < -0.4 is 5.73 Å². The molecule has 0 fully saturated rings. The Morgan fingerprint density at radius 1 is 1.14 bits per heavy atom. The largest absolute Gasteiger partial charge is 0.327 e. The first-order chi connectivity index (χ1) is 6.50. The van der Waals surface area contributed by atoms with E-state index in [4.69, 9.17) is 5.73 Å². The van der Waals surface area contributed by atoms with E-state index in [9.17, 15) is 0 Å². The zero-order valence-electron chi connectivity index (χ0n) is 9.20. The maximum Gasteiger partial charge on any atom is 0.0681 e. The van der Waals surface area contributed by atoms with Crippen LogP contribution in [0.4, 0.5) is 0 Å². The summed E-state index contributed by atoms with van der Waals surface area (Å²) in [4.78, 5) is 0. The molecule has 1 aromatic rings. The maximum absolute atomic E-state index is 6.07. The standard InChI is InChI=1S/C12H19NSi/c1-14(2,3)12(13)10-9-11-7-5-4-6-8-11/h4-10,12H,13H2,1-3H3. The highest BCUT2D eigenvalue weighted by molar-refractivity contribution is 6.78. The summed E-state index contributed by atoms with van der Waals surface area (Å²) in [5.74, 6) is 0. The number of benzene rings is 1. The van der Waals surface area contributed by atoms with Gasteiger partial charge in [0, 0.05) is 5.67 Å². The van der Waals surface area contributed by atoms with Crippen molar-refractivity contribution >= 4 is 14.1 Å². The minimum atomic E-state index is -1.22. The van der Waals surface area contributed by atoms with Gasteiger partial charge in [-0.05, 0) is 5.56 Å². The van der Waals surface area contributed by atoms with Gasteiger partial charge in [-0.1, -0.05) is 62.1 Å². The minimum absolute atomic E-state index is 0.239. The van der Waals surface area contributed by atoms with Crippen LogP contribution >= 0.6 is 0 Å². The molecule has 0 heterocycles. The summed E-state index contributed by atoms with van der Waals surface area (Å²) in [6.07, 6.45) is 4.24. The molecule has 2 heteroatoms. The Hall–Kier alpha value is -0.863. The molecule has 0 aliphatic heterocycles. The van der Waals surface area contributed by atoms with Gasteiger partial charge in [0.2, 0.25) is 0 Å².